The van der Waals surface area contributed by atoms with Gasteiger partial charge in [-0.3, -0.25) is 10.1 Å². The Kier molecular flexibility index (Phi) is 6.17. The molecule has 11 nitrogen and oxygen atoms in total. The Balaban J connectivity index is 1.63. The Bertz CT molecular complexity index is 1060. The Morgan fingerprint density at radius 2 is 2.12 bits per heavy atom. The van der Waals surface area contributed by atoms with Crippen LogP contribution in [0.15, 0.2) is 42.9 Å². The molecule has 1 aromatic heterocycles. The first-order valence-corrected chi connectivity index (χ1v) is 10.3. The number of hydrogen-bond acceptors (Lipinski definition) is 10. The number of nitrogens with one attached hydrogen (secondary N) is 1. The fourth-order valence-electron chi connectivity index (χ4n) is 3.83. The van der Waals surface area contributed by atoms with Crippen molar-refractivity contribution < 1.29 is 9.66 Å². The summed E-state index contributed by atoms with van der Waals surface area (Å²) in [5.74, 6) is 1.22. The highest BCUT2D eigenvalue weighted by Gasteiger charge is 2.30. The average Bonchev–Trinajstić information content (AvgIpc) is 3.30. The summed E-state index contributed by atoms with van der Waals surface area (Å²) in [6.45, 7) is 2.11. The molecule has 1 N–H and O–H groups in total. The van der Waals surface area contributed by atoms with Crippen molar-refractivity contribution in [2.45, 2.75) is 12.5 Å². The maximum absolute atomic E-state index is 11.9. The topological polar surface area (TPSA) is 113 Å². The van der Waals surface area contributed by atoms with Crippen LogP contribution in [0.2, 0.25) is 0 Å². The summed E-state index contributed by atoms with van der Waals surface area (Å²) < 4.78 is 5.55. The van der Waals surface area contributed by atoms with E-state index in [1.807, 2.05) is 48.3 Å². The molecule has 0 radical (unpaired) electrons. The van der Waals surface area contributed by atoms with E-state index < -0.39 is 0 Å². The standard InChI is InChI=1S/C21H26N8O3/c1-26(2)15-7-10-28(13-15)17-12-19(32-3)16(11-18(17)29(30)31)24-20-22-14-23-21(25-20)27-8-5-4-6-9-27/h4-6,8,11-12,14-15H,7,9-10,13H2,1-3H3,(H,22,23,24,25). The van der Waals surface area contributed by atoms with Crippen molar-refractivity contribution in [2.24, 2.45) is 0 Å². The summed E-state index contributed by atoms with van der Waals surface area (Å²) >= 11 is 0. The zero-order valence-corrected chi connectivity index (χ0v) is 18.3. The second-order valence-electron chi connectivity index (χ2n) is 7.81. The Morgan fingerprint density at radius 1 is 1.28 bits per heavy atom. The Morgan fingerprint density at radius 3 is 2.78 bits per heavy atom. The first kappa shape index (κ1) is 21.5. The van der Waals surface area contributed by atoms with E-state index in [1.54, 1.807) is 6.07 Å². The molecule has 2 aliphatic heterocycles. The average molecular weight is 438 g/mol. The van der Waals surface area contributed by atoms with E-state index in [0.29, 0.717) is 35.7 Å². The maximum atomic E-state index is 11.9. The third kappa shape index (κ3) is 4.47. The van der Waals surface area contributed by atoms with E-state index in [9.17, 15) is 10.1 Å². The van der Waals surface area contributed by atoms with Crippen molar-refractivity contribution in [3.8, 4) is 5.75 Å². The van der Waals surface area contributed by atoms with Gasteiger partial charge in [0.25, 0.3) is 5.69 Å². The van der Waals surface area contributed by atoms with Gasteiger partial charge in [-0.2, -0.15) is 4.98 Å². The minimum Gasteiger partial charge on any atom is -0.494 e. The lowest BCUT2D eigenvalue weighted by Gasteiger charge is -2.23. The predicted molar refractivity (Wildman–Crippen MR) is 123 cm³/mol. The lowest BCUT2D eigenvalue weighted by atomic mass is 10.2. The lowest BCUT2D eigenvalue weighted by Crippen LogP contribution is -2.31. The second-order valence-corrected chi connectivity index (χ2v) is 7.81. The van der Waals surface area contributed by atoms with Crippen molar-refractivity contribution in [1.29, 1.82) is 0 Å². The summed E-state index contributed by atoms with van der Waals surface area (Å²) in [6.07, 6.45) is 10.0. The van der Waals surface area contributed by atoms with Gasteiger partial charge in [0.1, 0.15) is 17.8 Å². The van der Waals surface area contributed by atoms with Crippen molar-refractivity contribution in [2.75, 3.05) is 56.0 Å². The SMILES string of the molecule is COc1cc(N2CCC(N(C)C)C2)c([N+](=O)[O-])cc1Nc1ncnc(N2C=CC=CC2)n1. The van der Waals surface area contributed by atoms with Gasteiger partial charge in [0, 0.05) is 44.0 Å². The van der Waals surface area contributed by atoms with Crippen LogP contribution in [0.5, 0.6) is 5.75 Å². The fraction of sp³-hybridized carbons (Fsp3) is 0.381. The molecule has 0 bridgehead atoms. The van der Waals surface area contributed by atoms with Gasteiger partial charge in [0.05, 0.1) is 17.7 Å². The third-order valence-corrected chi connectivity index (χ3v) is 5.61. The van der Waals surface area contributed by atoms with Crippen LogP contribution in [-0.4, -0.2) is 71.7 Å². The van der Waals surface area contributed by atoms with E-state index in [1.165, 1.54) is 19.5 Å². The lowest BCUT2D eigenvalue weighted by molar-refractivity contribution is -0.384. The first-order valence-electron chi connectivity index (χ1n) is 10.3. The molecule has 3 heterocycles. The van der Waals surface area contributed by atoms with Gasteiger partial charge in [0.15, 0.2) is 0 Å². The zero-order chi connectivity index (χ0) is 22.7. The van der Waals surface area contributed by atoms with Crippen molar-refractivity contribution in [3.05, 3.63) is 53.0 Å². The van der Waals surface area contributed by atoms with Crippen LogP contribution in [0.25, 0.3) is 0 Å². The number of rotatable bonds is 7. The summed E-state index contributed by atoms with van der Waals surface area (Å²) in [7, 11) is 5.58. The molecule has 32 heavy (non-hydrogen) atoms. The van der Waals surface area contributed by atoms with Gasteiger partial charge in [-0.25, -0.2) is 9.97 Å². The number of hydrogen-bond donors (Lipinski definition) is 1. The van der Waals surface area contributed by atoms with Gasteiger partial charge < -0.3 is 24.8 Å². The van der Waals surface area contributed by atoms with E-state index in [2.05, 4.69) is 25.2 Å². The van der Waals surface area contributed by atoms with Gasteiger partial charge >= 0.3 is 0 Å². The molecular formula is C21H26N8O3. The highest BCUT2D eigenvalue weighted by atomic mass is 16.6. The van der Waals surface area contributed by atoms with Crippen LogP contribution < -0.4 is 19.9 Å². The van der Waals surface area contributed by atoms with E-state index >= 15 is 0 Å². The van der Waals surface area contributed by atoms with Gasteiger partial charge in [0.2, 0.25) is 11.9 Å². The molecule has 1 aromatic carbocycles. The molecule has 11 heteroatoms. The zero-order valence-electron chi connectivity index (χ0n) is 18.3. The van der Waals surface area contributed by atoms with Crippen molar-refractivity contribution in [1.82, 2.24) is 19.9 Å². The molecule has 2 aromatic rings. The number of aromatic nitrogens is 3. The largest absolute Gasteiger partial charge is 0.494 e. The quantitative estimate of drug-likeness (QED) is 0.511. The van der Waals surface area contributed by atoms with E-state index in [4.69, 9.17) is 4.74 Å². The van der Waals surface area contributed by atoms with Crippen LogP contribution in [0, 0.1) is 10.1 Å². The van der Waals surface area contributed by atoms with Crippen LogP contribution in [0.3, 0.4) is 0 Å². The number of likely N-dealkylation sites (N-methyl/N-ethyl adjacent to an activating group) is 1. The van der Waals surface area contributed by atoms with Crippen molar-refractivity contribution >= 4 is 29.0 Å². The van der Waals surface area contributed by atoms with Crippen LogP contribution >= 0.6 is 0 Å². The van der Waals surface area contributed by atoms with Crippen LogP contribution in [0.1, 0.15) is 6.42 Å². The molecule has 0 spiro atoms. The molecule has 1 atom stereocenters. The predicted octanol–water partition coefficient (Wildman–Crippen LogP) is 2.56. The number of nitro benzene ring substituents is 1. The van der Waals surface area contributed by atoms with Crippen LogP contribution in [0.4, 0.5) is 29.0 Å². The Hall–Kier alpha value is -3.73. The summed E-state index contributed by atoms with van der Waals surface area (Å²) in [5.41, 5.74) is 0.965. The van der Waals surface area contributed by atoms with E-state index in [0.717, 1.165) is 19.5 Å². The molecule has 1 saturated heterocycles. The number of nitro groups is 1. The molecule has 168 valence electrons. The number of nitrogens with zero attached hydrogens (tertiary/aromatic N) is 7. The van der Waals surface area contributed by atoms with Gasteiger partial charge in [-0.05, 0) is 26.6 Å². The number of anilines is 4. The normalized spacial score (nSPS) is 17.8. The minimum atomic E-state index is -0.368. The molecule has 0 saturated carbocycles. The molecule has 4 rings (SSSR count). The number of allylic oxidation sites excluding steroid dienone is 2. The third-order valence-electron chi connectivity index (χ3n) is 5.61. The van der Waals surface area contributed by atoms with Crippen LogP contribution in [-0.2, 0) is 0 Å². The molecule has 0 amide bonds. The smallest absolute Gasteiger partial charge is 0.294 e. The van der Waals surface area contributed by atoms with E-state index in [-0.39, 0.29) is 16.6 Å². The van der Waals surface area contributed by atoms with Crippen molar-refractivity contribution in [3.63, 3.8) is 0 Å². The monoisotopic (exact) mass is 438 g/mol. The molecule has 1 unspecified atom stereocenters. The molecule has 0 aliphatic carbocycles. The van der Waals surface area contributed by atoms with Gasteiger partial charge in [-0.1, -0.05) is 12.2 Å². The second kappa shape index (κ2) is 9.18. The molecule has 2 aliphatic rings. The highest BCUT2D eigenvalue weighted by molar-refractivity contribution is 5.77. The summed E-state index contributed by atoms with van der Waals surface area (Å²) in [6, 6.07) is 3.53. The van der Waals surface area contributed by atoms with Gasteiger partial charge in [-0.15, -0.1) is 0 Å². The number of ether oxygens (including phenoxy) is 1. The highest BCUT2D eigenvalue weighted by Crippen LogP contribution is 2.40. The summed E-state index contributed by atoms with van der Waals surface area (Å²) in [4.78, 5) is 30.4. The summed E-state index contributed by atoms with van der Waals surface area (Å²) in [5, 5.41) is 15.0. The number of methoxy groups -OCH3 is 1. The molecule has 1 fully saturated rings. The number of benzene rings is 1. The minimum absolute atomic E-state index is 0.00564. The molecular weight excluding hydrogens is 412 g/mol. The Labute approximate surface area is 186 Å². The maximum Gasteiger partial charge on any atom is 0.294 e. The first-order chi connectivity index (χ1) is 15.5. The fourth-order valence-corrected chi connectivity index (χ4v) is 3.83.